The Bertz CT molecular complexity index is 580. The first-order valence-electron chi connectivity index (χ1n) is 6.67. The first kappa shape index (κ1) is 18.2. The molecule has 2 nitrogen and oxygen atoms in total. The van der Waals surface area contributed by atoms with Crippen molar-refractivity contribution in [3.63, 3.8) is 0 Å². The fraction of sp³-hybridized carbons (Fsp3) is 0.312. The maximum Gasteiger partial charge on any atom is 0.0554 e. The Morgan fingerprint density at radius 1 is 1.10 bits per heavy atom. The summed E-state index contributed by atoms with van der Waals surface area (Å²) in [4.78, 5) is 4.63. The SMILES string of the molecule is Cl.Cl.NCc1cccnc1C1(c2ccc(Cl)cc2)CCC1. The molecule has 21 heavy (non-hydrogen) atoms. The Labute approximate surface area is 142 Å². The largest absolute Gasteiger partial charge is 0.326 e. The summed E-state index contributed by atoms with van der Waals surface area (Å²) in [5, 5.41) is 0.776. The molecule has 2 N–H and O–H groups in total. The highest BCUT2D eigenvalue weighted by Crippen LogP contribution is 2.49. The molecule has 0 bridgehead atoms. The molecule has 114 valence electrons. The van der Waals surface area contributed by atoms with Crippen LogP contribution in [0, 0.1) is 0 Å². The van der Waals surface area contributed by atoms with Crippen LogP contribution >= 0.6 is 36.4 Å². The van der Waals surface area contributed by atoms with Gasteiger partial charge in [0.2, 0.25) is 0 Å². The number of halogens is 3. The monoisotopic (exact) mass is 344 g/mol. The smallest absolute Gasteiger partial charge is 0.0554 e. The number of rotatable bonds is 3. The lowest BCUT2D eigenvalue weighted by molar-refractivity contribution is 0.291. The van der Waals surface area contributed by atoms with Crippen LogP contribution in [0.1, 0.15) is 36.1 Å². The van der Waals surface area contributed by atoms with E-state index in [4.69, 9.17) is 17.3 Å². The number of nitrogens with zero attached hydrogens (tertiary/aromatic N) is 1. The van der Waals surface area contributed by atoms with Gasteiger partial charge in [-0.15, -0.1) is 24.8 Å². The summed E-state index contributed by atoms with van der Waals surface area (Å²) in [6.45, 7) is 0.540. The minimum Gasteiger partial charge on any atom is -0.326 e. The molecule has 2 aromatic rings. The van der Waals surface area contributed by atoms with Crippen LogP contribution in [-0.2, 0) is 12.0 Å². The third-order valence-corrected chi connectivity index (χ3v) is 4.42. The van der Waals surface area contributed by atoms with Crippen molar-refractivity contribution < 1.29 is 0 Å². The second kappa shape index (κ2) is 7.46. The molecule has 0 spiro atoms. The van der Waals surface area contributed by atoms with Crippen LogP contribution in [0.4, 0.5) is 0 Å². The Morgan fingerprint density at radius 3 is 2.29 bits per heavy atom. The van der Waals surface area contributed by atoms with E-state index in [1.54, 1.807) is 0 Å². The number of nitrogens with two attached hydrogens (primary N) is 1. The summed E-state index contributed by atoms with van der Waals surface area (Å²) in [5.41, 5.74) is 9.51. The van der Waals surface area contributed by atoms with Crippen molar-refractivity contribution in [3.8, 4) is 0 Å². The highest BCUT2D eigenvalue weighted by Gasteiger charge is 2.42. The lowest BCUT2D eigenvalue weighted by Crippen LogP contribution is -2.37. The van der Waals surface area contributed by atoms with Crippen molar-refractivity contribution in [3.05, 3.63) is 64.4 Å². The van der Waals surface area contributed by atoms with Gasteiger partial charge in [-0.3, -0.25) is 4.98 Å². The van der Waals surface area contributed by atoms with Crippen molar-refractivity contribution in [1.29, 1.82) is 0 Å². The zero-order valence-electron chi connectivity index (χ0n) is 11.6. The number of pyridine rings is 1. The van der Waals surface area contributed by atoms with Crippen molar-refractivity contribution in [2.75, 3.05) is 0 Å². The van der Waals surface area contributed by atoms with E-state index in [0.29, 0.717) is 6.54 Å². The summed E-state index contributed by atoms with van der Waals surface area (Å²) < 4.78 is 0. The Kier molecular flexibility index (Phi) is 6.48. The van der Waals surface area contributed by atoms with Crippen molar-refractivity contribution >= 4 is 36.4 Å². The molecule has 1 heterocycles. The predicted molar refractivity (Wildman–Crippen MR) is 92.7 cm³/mol. The van der Waals surface area contributed by atoms with E-state index < -0.39 is 0 Å². The molecule has 1 aliphatic carbocycles. The van der Waals surface area contributed by atoms with Gasteiger partial charge in [0.15, 0.2) is 0 Å². The molecule has 5 heteroatoms. The maximum atomic E-state index is 5.99. The fourth-order valence-electron chi connectivity index (χ4n) is 3.00. The quantitative estimate of drug-likeness (QED) is 0.889. The Morgan fingerprint density at radius 2 is 1.76 bits per heavy atom. The van der Waals surface area contributed by atoms with E-state index in [1.165, 1.54) is 12.0 Å². The molecule has 1 saturated carbocycles. The molecule has 0 amide bonds. The van der Waals surface area contributed by atoms with E-state index in [9.17, 15) is 0 Å². The zero-order valence-corrected chi connectivity index (χ0v) is 14.0. The molecular weight excluding hydrogens is 327 g/mol. The topological polar surface area (TPSA) is 38.9 Å². The second-order valence-corrected chi connectivity index (χ2v) is 5.59. The summed E-state index contributed by atoms with van der Waals surface area (Å²) >= 11 is 5.99. The summed E-state index contributed by atoms with van der Waals surface area (Å²) in [6, 6.07) is 12.2. The van der Waals surface area contributed by atoms with Crippen LogP contribution in [0.25, 0.3) is 0 Å². The molecule has 0 unspecified atom stereocenters. The molecule has 1 fully saturated rings. The van der Waals surface area contributed by atoms with Crippen molar-refractivity contribution in [2.45, 2.75) is 31.2 Å². The van der Waals surface area contributed by atoms with Gasteiger partial charge in [0.1, 0.15) is 0 Å². The van der Waals surface area contributed by atoms with Crippen LogP contribution in [0.2, 0.25) is 5.02 Å². The van der Waals surface area contributed by atoms with Crippen molar-refractivity contribution in [2.24, 2.45) is 5.73 Å². The molecule has 0 saturated heterocycles. The van der Waals surface area contributed by atoms with Crippen LogP contribution < -0.4 is 5.73 Å². The first-order chi connectivity index (χ1) is 9.26. The second-order valence-electron chi connectivity index (χ2n) is 5.16. The van der Waals surface area contributed by atoms with Gasteiger partial charge >= 0.3 is 0 Å². The van der Waals surface area contributed by atoms with E-state index in [1.807, 2.05) is 24.4 Å². The molecule has 0 radical (unpaired) electrons. The number of benzene rings is 1. The highest BCUT2D eigenvalue weighted by atomic mass is 35.5. The fourth-order valence-corrected chi connectivity index (χ4v) is 3.12. The summed E-state index contributed by atoms with van der Waals surface area (Å²) in [7, 11) is 0. The lowest BCUT2D eigenvalue weighted by Gasteiger charge is -2.43. The van der Waals surface area contributed by atoms with E-state index >= 15 is 0 Å². The van der Waals surface area contributed by atoms with Gasteiger partial charge < -0.3 is 5.73 Å². The lowest BCUT2D eigenvalue weighted by atomic mass is 9.61. The maximum absolute atomic E-state index is 5.99. The molecular formula is C16H19Cl3N2. The van der Waals surface area contributed by atoms with Crippen LogP contribution in [-0.4, -0.2) is 4.98 Å². The van der Waals surface area contributed by atoms with Gasteiger partial charge in [0.05, 0.1) is 5.69 Å². The minimum atomic E-state index is 0. The number of hydrogen-bond donors (Lipinski definition) is 1. The first-order valence-corrected chi connectivity index (χ1v) is 7.04. The van der Waals surface area contributed by atoms with Gasteiger partial charge in [-0.05, 0) is 42.2 Å². The minimum absolute atomic E-state index is 0. The van der Waals surface area contributed by atoms with Crippen LogP contribution in [0.5, 0.6) is 0 Å². The normalized spacial score (nSPS) is 15.3. The Hall–Kier alpha value is -0.800. The molecule has 1 aromatic heterocycles. The molecule has 0 atom stereocenters. The molecule has 1 aromatic carbocycles. The average Bonchev–Trinajstić information content (AvgIpc) is 2.40. The van der Waals surface area contributed by atoms with E-state index in [2.05, 4.69) is 23.2 Å². The van der Waals surface area contributed by atoms with Gasteiger partial charge in [-0.1, -0.05) is 36.2 Å². The predicted octanol–water partition coefficient (Wildman–Crippen LogP) is 4.51. The zero-order chi connectivity index (χ0) is 13.3. The van der Waals surface area contributed by atoms with Crippen LogP contribution in [0.3, 0.4) is 0 Å². The van der Waals surface area contributed by atoms with Gasteiger partial charge in [-0.2, -0.15) is 0 Å². The number of hydrogen-bond acceptors (Lipinski definition) is 2. The number of aromatic nitrogens is 1. The van der Waals surface area contributed by atoms with E-state index in [0.717, 1.165) is 29.1 Å². The highest BCUT2D eigenvalue weighted by molar-refractivity contribution is 6.30. The van der Waals surface area contributed by atoms with E-state index in [-0.39, 0.29) is 30.2 Å². The third-order valence-electron chi connectivity index (χ3n) is 4.17. The molecule has 1 aliphatic rings. The van der Waals surface area contributed by atoms with Gasteiger partial charge in [-0.25, -0.2) is 0 Å². The van der Waals surface area contributed by atoms with Gasteiger partial charge in [0.25, 0.3) is 0 Å². The summed E-state index contributed by atoms with van der Waals surface area (Å²) in [5.74, 6) is 0. The van der Waals surface area contributed by atoms with Gasteiger partial charge in [0, 0.05) is 23.2 Å². The average molecular weight is 346 g/mol. The molecule has 3 rings (SSSR count). The molecule has 0 aliphatic heterocycles. The third kappa shape index (κ3) is 3.19. The van der Waals surface area contributed by atoms with Crippen molar-refractivity contribution in [1.82, 2.24) is 4.98 Å². The van der Waals surface area contributed by atoms with Crippen LogP contribution in [0.15, 0.2) is 42.6 Å². The Balaban J connectivity index is 0.00000110. The summed E-state index contributed by atoms with van der Waals surface area (Å²) in [6.07, 6.45) is 5.38. The standard InChI is InChI=1S/C16H17ClN2.2ClH/c17-14-6-4-13(5-7-14)16(8-2-9-16)15-12(11-18)3-1-10-19-15;;/h1,3-7,10H,2,8-9,11,18H2;2*1H.